The average Bonchev–Trinajstić information content (AvgIpc) is 3.02. The summed E-state index contributed by atoms with van der Waals surface area (Å²) in [5.74, 6) is 0.820. The SMILES string of the molecule is c1ccc(-n2nnnc2Cc2cncs2)cc1. The highest BCUT2D eigenvalue weighted by Crippen LogP contribution is 2.13. The van der Waals surface area contributed by atoms with Gasteiger partial charge in [-0.1, -0.05) is 18.2 Å². The minimum Gasteiger partial charge on any atom is -0.253 e. The van der Waals surface area contributed by atoms with Crippen LogP contribution in [0.15, 0.2) is 42.0 Å². The van der Waals surface area contributed by atoms with E-state index in [1.54, 1.807) is 16.0 Å². The molecule has 3 rings (SSSR count). The Balaban J connectivity index is 1.95. The first-order chi connectivity index (χ1) is 8.43. The van der Waals surface area contributed by atoms with Crippen LogP contribution in [0.3, 0.4) is 0 Å². The Morgan fingerprint density at radius 2 is 2.06 bits per heavy atom. The number of rotatable bonds is 3. The lowest BCUT2D eigenvalue weighted by molar-refractivity contribution is 0.772. The normalized spacial score (nSPS) is 10.6. The van der Waals surface area contributed by atoms with Crippen molar-refractivity contribution >= 4 is 11.3 Å². The van der Waals surface area contributed by atoms with Gasteiger partial charge >= 0.3 is 0 Å². The van der Waals surface area contributed by atoms with E-state index in [9.17, 15) is 0 Å². The van der Waals surface area contributed by atoms with Gasteiger partial charge in [0.25, 0.3) is 0 Å². The fourth-order valence-corrected chi connectivity index (χ4v) is 2.16. The number of hydrogen-bond acceptors (Lipinski definition) is 5. The van der Waals surface area contributed by atoms with Crippen LogP contribution in [0.1, 0.15) is 10.7 Å². The summed E-state index contributed by atoms with van der Waals surface area (Å²) >= 11 is 1.61. The Labute approximate surface area is 102 Å². The Morgan fingerprint density at radius 1 is 1.18 bits per heavy atom. The van der Waals surface area contributed by atoms with E-state index in [1.165, 1.54) is 0 Å². The van der Waals surface area contributed by atoms with Crippen LogP contribution in [0.25, 0.3) is 5.69 Å². The quantitative estimate of drug-likeness (QED) is 0.702. The minimum absolute atomic E-state index is 0.701. The van der Waals surface area contributed by atoms with Gasteiger partial charge in [0.1, 0.15) is 0 Å². The van der Waals surface area contributed by atoms with Crippen LogP contribution in [-0.4, -0.2) is 25.2 Å². The second kappa shape index (κ2) is 4.42. The number of para-hydroxylation sites is 1. The summed E-state index contributed by atoms with van der Waals surface area (Å²) < 4.78 is 1.75. The highest BCUT2D eigenvalue weighted by molar-refractivity contribution is 7.09. The van der Waals surface area contributed by atoms with Crippen molar-refractivity contribution in [2.24, 2.45) is 0 Å². The summed E-state index contributed by atoms with van der Waals surface area (Å²) in [4.78, 5) is 5.20. The molecule has 17 heavy (non-hydrogen) atoms. The van der Waals surface area contributed by atoms with E-state index >= 15 is 0 Å². The predicted molar refractivity (Wildman–Crippen MR) is 64.1 cm³/mol. The number of thiazole rings is 1. The van der Waals surface area contributed by atoms with E-state index in [2.05, 4.69) is 20.5 Å². The van der Waals surface area contributed by atoms with Gasteiger partial charge in [0.2, 0.25) is 0 Å². The van der Waals surface area contributed by atoms with Crippen LogP contribution in [0, 0.1) is 0 Å². The minimum atomic E-state index is 0.701. The summed E-state index contributed by atoms with van der Waals surface area (Å²) in [6.07, 6.45) is 2.54. The average molecular weight is 243 g/mol. The van der Waals surface area contributed by atoms with Crippen molar-refractivity contribution in [2.45, 2.75) is 6.42 Å². The highest BCUT2D eigenvalue weighted by Gasteiger charge is 2.09. The van der Waals surface area contributed by atoms with Gasteiger partial charge in [-0.2, -0.15) is 4.68 Å². The zero-order valence-corrected chi connectivity index (χ0v) is 9.71. The molecule has 0 bridgehead atoms. The van der Waals surface area contributed by atoms with Crippen LogP contribution in [0.4, 0.5) is 0 Å². The molecule has 0 amide bonds. The molecule has 0 aliphatic heterocycles. The van der Waals surface area contributed by atoms with Crippen molar-refractivity contribution in [1.29, 1.82) is 0 Å². The lowest BCUT2D eigenvalue weighted by Gasteiger charge is -2.02. The molecule has 84 valence electrons. The van der Waals surface area contributed by atoms with Crippen molar-refractivity contribution in [3.63, 3.8) is 0 Å². The number of nitrogens with zero attached hydrogens (tertiary/aromatic N) is 5. The van der Waals surface area contributed by atoms with Crippen LogP contribution in [0.5, 0.6) is 0 Å². The number of tetrazole rings is 1. The molecule has 1 aromatic carbocycles. The molecular formula is C11H9N5S. The predicted octanol–water partition coefficient (Wildman–Crippen LogP) is 1.71. The zero-order chi connectivity index (χ0) is 11.5. The molecule has 0 aliphatic rings. The van der Waals surface area contributed by atoms with Crippen LogP contribution in [0.2, 0.25) is 0 Å². The first-order valence-electron chi connectivity index (χ1n) is 5.13. The standard InChI is InChI=1S/C11H9N5S/c1-2-4-9(5-3-1)16-11(13-14-15-16)6-10-7-12-8-17-10/h1-5,7-8H,6H2. The molecule has 0 saturated carbocycles. The number of hydrogen-bond donors (Lipinski definition) is 0. The second-order valence-electron chi connectivity index (χ2n) is 3.49. The van der Waals surface area contributed by atoms with Gasteiger partial charge < -0.3 is 0 Å². The molecule has 2 aromatic heterocycles. The summed E-state index contributed by atoms with van der Waals surface area (Å²) in [5.41, 5.74) is 2.78. The summed E-state index contributed by atoms with van der Waals surface area (Å²) in [7, 11) is 0. The van der Waals surface area contributed by atoms with Gasteiger partial charge in [0, 0.05) is 17.5 Å². The lowest BCUT2D eigenvalue weighted by Crippen LogP contribution is -2.03. The van der Waals surface area contributed by atoms with Crippen molar-refractivity contribution < 1.29 is 0 Å². The molecule has 6 heteroatoms. The highest BCUT2D eigenvalue weighted by atomic mass is 32.1. The molecule has 0 unspecified atom stereocenters. The monoisotopic (exact) mass is 243 g/mol. The van der Waals surface area contributed by atoms with E-state index < -0.39 is 0 Å². The van der Waals surface area contributed by atoms with Crippen molar-refractivity contribution in [2.75, 3.05) is 0 Å². The van der Waals surface area contributed by atoms with Gasteiger partial charge in [-0.3, -0.25) is 4.98 Å². The molecule has 5 nitrogen and oxygen atoms in total. The third-order valence-corrected chi connectivity index (χ3v) is 3.13. The summed E-state index contributed by atoms with van der Waals surface area (Å²) in [6, 6.07) is 9.86. The van der Waals surface area contributed by atoms with Crippen LogP contribution in [-0.2, 0) is 6.42 Å². The molecule has 0 saturated heterocycles. The first kappa shape index (κ1) is 10.1. The van der Waals surface area contributed by atoms with Gasteiger partial charge in [-0.15, -0.1) is 16.4 Å². The van der Waals surface area contributed by atoms with Crippen molar-refractivity contribution in [1.82, 2.24) is 25.2 Å². The molecule has 0 aliphatic carbocycles. The van der Waals surface area contributed by atoms with E-state index in [4.69, 9.17) is 0 Å². The van der Waals surface area contributed by atoms with Gasteiger partial charge in [-0.25, -0.2) is 0 Å². The third-order valence-electron chi connectivity index (χ3n) is 2.35. The van der Waals surface area contributed by atoms with Crippen molar-refractivity contribution in [3.05, 3.63) is 52.7 Å². The molecule has 0 atom stereocenters. The molecule has 0 radical (unpaired) electrons. The molecule has 0 N–H and O–H groups in total. The fourth-order valence-electron chi connectivity index (χ4n) is 1.57. The topological polar surface area (TPSA) is 56.5 Å². The Morgan fingerprint density at radius 3 is 2.82 bits per heavy atom. The largest absolute Gasteiger partial charge is 0.253 e. The summed E-state index contributed by atoms with van der Waals surface area (Å²) in [5, 5.41) is 11.8. The third kappa shape index (κ3) is 2.07. The molecule has 0 spiro atoms. The van der Waals surface area contributed by atoms with E-state index in [0.29, 0.717) is 6.42 Å². The lowest BCUT2D eigenvalue weighted by atomic mass is 10.3. The van der Waals surface area contributed by atoms with Crippen LogP contribution >= 0.6 is 11.3 Å². The van der Waals surface area contributed by atoms with Gasteiger partial charge in [0.05, 0.1) is 11.2 Å². The summed E-state index contributed by atoms with van der Waals surface area (Å²) in [6.45, 7) is 0. The van der Waals surface area contributed by atoms with Crippen molar-refractivity contribution in [3.8, 4) is 5.69 Å². The van der Waals surface area contributed by atoms with Gasteiger partial charge in [0.15, 0.2) is 5.82 Å². The Hall–Kier alpha value is -2.08. The number of benzene rings is 1. The zero-order valence-electron chi connectivity index (χ0n) is 8.89. The van der Waals surface area contributed by atoms with E-state index in [-0.39, 0.29) is 0 Å². The molecule has 2 heterocycles. The smallest absolute Gasteiger partial charge is 0.161 e. The Bertz CT molecular complexity index is 587. The van der Waals surface area contributed by atoms with E-state index in [1.807, 2.05) is 42.0 Å². The maximum absolute atomic E-state index is 4.05. The first-order valence-corrected chi connectivity index (χ1v) is 6.01. The number of aromatic nitrogens is 5. The van der Waals surface area contributed by atoms with Crippen LogP contribution < -0.4 is 0 Å². The van der Waals surface area contributed by atoms with E-state index in [0.717, 1.165) is 16.4 Å². The maximum atomic E-state index is 4.05. The molecule has 3 aromatic rings. The van der Waals surface area contributed by atoms with Gasteiger partial charge in [-0.05, 0) is 22.6 Å². The fraction of sp³-hybridized carbons (Fsp3) is 0.0909. The Kier molecular flexibility index (Phi) is 2.63. The second-order valence-corrected chi connectivity index (χ2v) is 4.46. The molecular weight excluding hydrogens is 234 g/mol. The maximum Gasteiger partial charge on any atom is 0.161 e. The molecule has 0 fully saturated rings.